The standard InChI is InChI=1S/C21H24F2N2O4S/c1-13(2)11-25-18-9-14(5-8-19(18)29-12-21(3,4)20(25)26)24-30(27,28)15-6-7-16(22)17(23)10-15/h5-10,13,24H,11-12H2,1-4H3. The molecule has 0 atom stereocenters. The highest BCUT2D eigenvalue weighted by atomic mass is 32.2. The zero-order valence-corrected chi connectivity index (χ0v) is 18.0. The molecule has 2 aromatic rings. The Balaban J connectivity index is 2.00. The van der Waals surface area contributed by atoms with Gasteiger partial charge in [-0.15, -0.1) is 0 Å². The Bertz CT molecular complexity index is 1080. The third-order valence-corrected chi connectivity index (χ3v) is 6.04. The number of rotatable bonds is 5. The van der Waals surface area contributed by atoms with Crippen LogP contribution in [0.25, 0.3) is 0 Å². The average molecular weight is 438 g/mol. The lowest BCUT2D eigenvalue weighted by atomic mass is 9.92. The Morgan fingerprint density at radius 2 is 1.83 bits per heavy atom. The molecule has 0 unspecified atom stereocenters. The molecule has 2 aromatic carbocycles. The van der Waals surface area contributed by atoms with Gasteiger partial charge in [0.25, 0.3) is 10.0 Å². The maximum atomic E-state index is 13.5. The van der Waals surface area contributed by atoms with Crippen LogP contribution in [-0.2, 0) is 14.8 Å². The van der Waals surface area contributed by atoms with Gasteiger partial charge in [0.2, 0.25) is 5.91 Å². The van der Waals surface area contributed by atoms with Gasteiger partial charge in [-0.2, -0.15) is 0 Å². The van der Waals surface area contributed by atoms with E-state index in [9.17, 15) is 22.0 Å². The van der Waals surface area contributed by atoms with Crippen LogP contribution in [0.1, 0.15) is 27.7 Å². The van der Waals surface area contributed by atoms with Crippen LogP contribution in [0.5, 0.6) is 5.75 Å². The molecule has 1 N–H and O–H groups in total. The summed E-state index contributed by atoms with van der Waals surface area (Å²) in [4.78, 5) is 14.3. The van der Waals surface area contributed by atoms with E-state index in [4.69, 9.17) is 4.74 Å². The Hall–Kier alpha value is -2.68. The van der Waals surface area contributed by atoms with Crippen molar-refractivity contribution in [3.05, 3.63) is 48.0 Å². The van der Waals surface area contributed by atoms with Crippen molar-refractivity contribution < 1.29 is 26.7 Å². The maximum Gasteiger partial charge on any atom is 0.262 e. The van der Waals surface area contributed by atoms with Crippen molar-refractivity contribution in [1.29, 1.82) is 0 Å². The van der Waals surface area contributed by atoms with Crippen LogP contribution in [0.4, 0.5) is 20.2 Å². The van der Waals surface area contributed by atoms with Crippen molar-refractivity contribution in [2.24, 2.45) is 11.3 Å². The van der Waals surface area contributed by atoms with Crippen molar-refractivity contribution in [2.75, 3.05) is 22.8 Å². The first-order valence-corrected chi connectivity index (χ1v) is 11.0. The predicted molar refractivity (Wildman–Crippen MR) is 110 cm³/mol. The highest BCUT2D eigenvalue weighted by Crippen LogP contribution is 2.39. The molecule has 0 spiro atoms. The molecule has 0 radical (unpaired) electrons. The summed E-state index contributed by atoms with van der Waals surface area (Å²) < 4.78 is 60.0. The van der Waals surface area contributed by atoms with Gasteiger partial charge in [0.15, 0.2) is 11.6 Å². The van der Waals surface area contributed by atoms with Crippen LogP contribution in [0.2, 0.25) is 0 Å². The largest absolute Gasteiger partial charge is 0.490 e. The molecular weight excluding hydrogens is 414 g/mol. The smallest absolute Gasteiger partial charge is 0.262 e. The third-order valence-electron chi connectivity index (χ3n) is 4.66. The highest BCUT2D eigenvalue weighted by molar-refractivity contribution is 7.92. The Morgan fingerprint density at radius 1 is 1.13 bits per heavy atom. The summed E-state index contributed by atoms with van der Waals surface area (Å²) in [5.74, 6) is -1.90. The summed E-state index contributed by atoms with van der Waals surface area (Å²) in [5.41, 5.74) is -0.132. The third kappa shape index (κ3) is 4.40. The molecule has 6 nitrogen and oxygen atoms in total. The second-order valence-corrected chi connectivity index (χ2v) is 10.0. The molecule has 1 amide bonds. The van der Waals surface area contributed by atoms with E-state index in [0.717, 1.165) is 12.1 Å². The topological polar surface area (TPSA) is 75.7 Å². The molecular formula is C21H24F2N2O4S. The molecule has 162 valence electrons. The number of halogens is 2. The zero-order valence-electron chi connectivity index (χ0n) is 17.2. The van der Waals surface area contributed by atoms with Gasteiger partial charge in [-0.1, -0.05) is 13.8 Å². The fraction of sp³-hybridized carbons (Fsp3) is 0.381. The molecule has 3 rings (SSSR count). The molecule has 0 aromatic heterocycles. The Morgan fingerprint density at radius 3 is 2.47 bits per heavy atom. The lowest BCUT2D eigenvalue weighted by molar-refractivity contribution is -0.127. The minimum absolute atomic E-state index is 0.129. The van der Waals surface area contributed by atoms with E-state index in [-0.39, 0.29) is 24.1 Å². The normalized spacial score (nSPS) is 16.1. The number of nitrogens with zero attached hydrogens (tertiary/aromatic N) is 1. The number of ether oxygens (including phenoxy) is 1. The number of carbonyl (C=O) groups excluding carboxylic acids is 1. The summed E-state index contributed by atoms with van der Waals surface area (Å²) in [6.07, 6.45) is 0. The Kier molecular flexibility index (Phi) is 5.77. The van der Waals surface area contributed by atoms with Crippen molar-refractivity contribution in [3.8, 4) is 5.75 Å². The molecule has 1 aliphatic heterocycles. The van der Waals surface area contributed by atoms with Gasteiger partial charge in [-0.3, -0.25) is 9.52 Å². The lowest BCUT2D eigenvalue weighted by Gasteiger charge is -2.29. The summed E-state index contributed by atoms with van der Waals surface area (Å²) in [6, 6.07) is 6.92. The van der Waals surface area contributed by atoms with Gasteiger partial charge in [-0.05, 0) is 56.2 Å². The van der Waals surface area contributed by atoms with Gasteiger partial charge < -0.3 is 9.64 Å². The number of anilines is 2. The molecule has 1 heterocycles. The molecule has 9 heteroatoms. The quantitative estimate of drug-likeness (QED) is 0.760. The van der Waals surface area contributed by atoms with Crippen molar-refractivity contribution in [1.82, 2.24) is 0 Å². The number of fused-ring (bicyclic) bond motifs is 1. The number of benzene rings is 2. The van der Waals surface area contributed by atoms with Gasteiger partial charge in [0.1, 0.15) is 12.4 Å². The van der Waals surface area contributed by atoms with E-state index < -0.39 is 32.0 Å². The summed E-state index contributed by atoms with van der Waals surface area (Å²) in [6.45, 7) is 8.15. The Labute approximate surface area is 174 Å². The van der Waals surface area contributed by atoms with Crippen LogP contribution < -0.4 is 14.4 Å². The minimum atomic E-state index is -4.17. The molecule has 0 aliphatic carbocycles. The first-order chi connectivity index (χ1) is 13.9. The average Bonchev–Trinajstić information content (AvgIpc) is 2.74. The van der Waals surface area contributed by atoms with Gasteiger partial charge >= 0.3 is 0 Å². The molecule has 30 heavy (non-hydrogen) atoms. The van der Waals surface area contributed by atoms with Crippen molar-refractivity contribution >= 4 is 27.3 Å². The molecule has 0 bridgehead atoms. The van der Waals surface area contributed by atoms with Crippen LogP contribution in [0.15, 0.2) is 41.3 Å². The van der Waals surface area contributed by atoms with E-state index in [1.165, 1.54) is 12.1 Å². The van der Waals surface area contributed by atoms with Crippen LogP contribution in [0.3, 0.4) is 0 Å². The summed E-state index contributed by atoms with van der Waals surface area (Å²) in [5, 5.41) is 0. The first-order valence-electron chi connectivity index (χ1n) is 9.47. The monoisotopic (exact) mass is 438 g/mol. The highest BCUT2D eigenvalue weighted by Gasteiger charge is 2.38. The number of nitrogens with one attached hydrogen (secondary N) is 1. The molecule has 0 saturated carbocycles. The lowest BCUT2D eigenvalue weighted by Crippen LogP contribution is -2.43. The second-order valence-electron chi connectivity index (χ2n) is 8.35. The molecule has 0 fully saturated rings. The maximum absolute atomic E-state index is 13.5. The number of carbonyl (C=O) groups is 1. The summed E-state index contributed by atoms with van der Waals surface area (Å²) in [7, 11) is -4.17. The van der Waals surface area contributed by atoms with E-state index in [1.807, 2.05) is 13.8 Å². The van der Waals surface area contributed by atoms with E-state index in [0.29, 0.717) is 24.0 Å². The second kappa shape index (κ2) is 7.86. The van der Waals surface area contributed by atoms with Gasteiger partial charge in [0, 0.05) is 6.54 Å². The van der Waals surface area contributed by atoms with Crippen molar-refractivity contribution in [2.45, 2.75) is 32.6 Å². The SMILES string of the molecule is CC(C)CN1C(=O)C(C)(C)COc2ccc(NS(=O)(=O)c3ccc(F)c(F)c3)cc21. The van der Waals surface area contributed by atoms with Gasteiger partial charge in [-0.25, -0.2) is 17.2 Å². The fourth-order valence-corrected chi connectivity index (χ4v) is 4.17. The van der Waals surface area contributed by atoms with Crippen LogP contribution in [-0.4, -0.2) is 27.5 Å². The number of hydrogen-bond donors (Lipinski definition) is 1. The molecule has 1 aliphatic rings. The first kappa shape index (κ1) is 22.0. The van der Waals surface area contributed by atoms with Gasteiger partial charge in [0.05, 0.1) is 21.7 Å². The number of hydrogen-bond acceptors (Lipinski definition) is 4. The van der Waals surface area contributed by atoms with E-state index >= 15 is 0 Å². The van der Waals surface area contributed by atoms with Crippen LogP contribution >= 0.6 is 0 Å². The fourth-order valence-electron chi connectivity index (χ4n) is 3.11. The zero-order chi connectivity index (χ0) is 22.3. The number of sulfonamides is 1. The van der Waals surface area contributed by atoms with Crippen LogP contribution in [0, 0.1) is 23.0 Å². The van der Waals surface area contributed by atoms with E-state index in [1.54, 1.807) is 24.8 Å². The minimum Gasteiger partial charge on any atom is -0.490 e. The molecule has 0 saturated heterocycles. The predicted octanol–water partition coefficient (Wildman–Crippen LogP) is 4.17. The van der Waals surface area contributed by atoms with Crippen molar-refractivity contribution in [3.63, 3.8) is 0 Å². The summed E-state index contributed by atoms with van der Waals surface area (Å²) >= 11 is 0. The number of amides is 1. The van der Waals surface area contributed by atoms with E-state index in [2.05, 4.69) is 4.72 Å².